The van der Waals surface area contributed by atoms with E-state index in [0.29, 0.717) is 12.1 Å². The van der Waals surface area contributed by atoms with Crippen molar-refractivity contribution in [3.05, 3.63) is 64.8 Å². The molecule has 3 rings (SSSR count). The number of hydrogen-bond acceptors (Lipinski definition) is 6. The van der Waals surface area contributed by atoms with Gasteiger partial charge in [-0.05, 0) is 36.4 Å². The molecule has 0 aliphatic carbocycles. The van der Waals surface area contributed by atoms with Crippen LogP contribution in [0.3, 0.4) is 0 Å². The second-order valence-electron chi connectivity index (χ2n) is 6.89. The predicted molar refractivity (Wildman–Crippen MR) is 114 cm³/mol. The van der Waals surface area contributed by atoms with E-state index in [1.165, 1.54) is 24.0 Å². The molecule has 35 heavy (non-hydrogen) atoms. The number of carbonyl (C=O) groups excluding carboxylic acids is 2. The van der Waals surface area contributed by atoms with Crippen molar-refractivity contribution in [2.45, 2.75) is 6.18 Å². The highest BCUT2D eigenvalue weighted by Crippen LogP contribution is 2.38. The number of nitrogens with zero attached hydrogens (tertiary/aromatic N) is 3. The molecule has 0 atom stereocenters. The van der Waals surface area contributed by atoms with Crippen molar-refractivity contribution < 1.29 is 41.1 Å². The van der Waals surface area contributed by atoms with Gasteiger partial charge in [0.25, 0.3) is 5.91 Å². The van der Waals surface area contributed by atoms with Crippen molar-refractivity contribution in [3.8, 4) is 17.0 Å². The fourth-order valence-corrected chi connectivity index (χ4v) is 3.20. The zero-order valence-electron chi connectivity index (χ0n) is 17.8. The van der Waals surface area contributed by atoms with E-state index in [1.54, 1.807) is 0 Å². The normalized spacial score (nSPS) is 11.3. The lowest BCUT2D eigenvalue weighted by Gasteiger charge is -2.23. The van der Waals surface area contributed by atoms with Crippen LogP contribution in [0.25, 0.3) is 11.3 Å². The molecule has 0 bridgehead atoms. The summed E-state index contributed by atoms with van der Waals surface area (Å²) in [4.78, 5) is 28.9. The van der Waals surface area contributed by atoms with E-state index in [-0.39, 0.29) is 45.9 Å². The molecule has 0 spiro atoms. The fraction of sp³-hybridized carbons (Fsp3) is 0.190. The third-order valence-electron chi connectivity index (χ3n) is 4.48. The average Bonchev–Trinajstić information content (AvgIpc) is 3.14. The maximum absolute atomic E-state index is 13.7. The molecule has 2 aromatic carbocycles. The molecule has 1 amide bonds. The molecule has 14 heteroatoms. The van der Waals surface area contributed by atoms with Gasteiger partial charge >= 0.3 is 12.1 Å². The smallest absolute Gasteiger partial charge is 0.492 e. The molecular formula is C21H16ClF5N4O4. The maximum Gasteiger partial charge on any atom is 0.493 e. The molecule has 3 aromatic rings. The quantitative estimate of drug-likeness (QED) is 0.391. The first-order valence-electron chi connectivity index (χ1n) is 9.67. The zero-order valence-corrected chi connectivity index (χ0v) is 18.5. The Balaban J connectivity index is 2.16. The van der Waals surface area contributed by atoms with E-state index in [4.69, 9.17) is 22.1 Å². The second kappa shape index (κ2) is 10.3. The average molecular weight is 519 g/mol. The summed E-state index contributed by atoms with van der Waals surface area (Å²) in [7, 11) is 1.52. The van der Waals surface area contributed by atoms with Gasteiger partial charge in [-0.1, -0.05) is 11.6 Å². The molecule has 2 N–H and O–H groups in total. The molecule has 0 aliphatic heterocycles. The first-order valence-corrected chi connectivity index (χ1v) is 10.0. The predicted octanol–water partition coefficient (Wildman–Crippen LogP) is 4.02. The van der Waals surface area contributed by atoms with E-state index in [1.807, 2.05) is 0 Å². The number of halogens is 6. The summed E-state index contributed by atoms with van der Waals surface area (Å²) >= 11 is 6.20. The van der Waals surface area contributed by atoms with Crippen LogP contribution in [-0.4, -0.2) is 41.0 Å². The van der Waals surface area contributed by atoms with Crippen molar-refractivity contribution in [1.82, 2.24) is 9.78 Å². The number of amides is 1. The molecule has 186 valence electrons. The van der Waals surface area contributed by atoms with Gasteiger partial charge in [-0.15, -0.1) is 5.06 Å². The van der Waals surface area contributed by atoms with Gasteiger partial charge in [-0.2, -0.15) is 18.3 Å². The maximum atomic E-state index is 13.7. The summed E-state index contributed by atoms with van der Waals surface area (Å²) in [5, 5.41) is 4.12. The topological polar surface area (TPSA) is 99.7 Å². The molecule has 1 heterocycles. The lowest BCUT2D eigenvalue weighted by atomic mass is 10.1. The summed E-state index contributed by atoms with van der Waals surface area (Å²) in [5.74, 6) is -6.68. The van der Waals surface area contributed by atoms with Crippen molar-refractivity contribution in [2.75, 3.05) is 18.2 Å². The van der Waals surface area contributed by atoms with Crippen molar-refractivity contribution in [3.63, 3.8) is 0 Å². The molecule has 0 unspecified atom stereocenters. The highest BCUT2D eigenvalue weighted by Gasteiger charge is 2.44. The van der Waals surface area contributed by atoms with Gasteiger partial charge in [0.15, 0.2) is 11.6 Å². The fourth-order valence-electron chi connectivity index (χ4n) is 2.93. The Hall–Kier alpha value is -3.71. The summed E-state index contributed by atoms with van der Waals surface area (Å²) in [6.45, 7) is 0.187. The Morgan fingerprint density at radius 2 is 1.86 bits per heavy atom. The van der Waals surface area contributed by atoms with Crippen LogP contribution < -0.4 is 15.5 Å². The molecule has 0 fully saturated rings. The van der Waals surface area contributed by atoms with Gasteiger partial charge in [0.05, 0.1) is 22.6 Å². The molecule has 0 saturated heterocycles. The van der Waals surface area contributed by atoms with Crippen LogP contribution in [0.15, 0.2) is 42.6 Å². The first kappa shape index (κ1) is 25.9. The Bertz CT molecular complexity index is 1250. The Labute approximate surface area is 199 Å². The molecular weight excluding hydrogens is 503 g/mol. The number of benzene rings is 2. The number of aromatic nitrogens is 2. The zero-order chi connectivity index (χ0) is 25.9. The lowest BCUT2D eigenvalue weighted by Crippen LogP contribution is -2.39. The minimum atomic E-state index is -5.47. The van der Waals surface area contributed by atoms with E-state index in [0.717, 1.165) is 18.2 Å². The van der Waals surface area contributed by atoms with Crippen LogP contribution in [0.1, 0.15) is 10.4 Å². The van der Waals surface area contributed by atoms with Crippen LogP contribution in [-0.2, 0) is 16.7 Å². The van der Waals surface area contributed by atoms with Gasteiger partial charge in [0, 0.05) is 24.7 Å². The van der Waals surface area contributed by atoms with Crippen LogP contribution in [0.5, 0.6) is 5.75 Å². The Morgan fingerprint density at radius 1 is 1.14 bits per heavy atom. The first-order chi connectivity index (χ1) is 16.4. The Morgan fingerprint density at radius 3 is 2.43 bits per heavy atom. The van der Waals surface area contributed by atoms with Gasteiger partial charge in [-0.3, -0.25) is 9.48 Å². The number of aryl methyl sites for hydroxylation is 1. The lowest BCUT2D eigenvalue weighted by molar-refractivity contribution is -0.199. The van der Waals surface area contributed by atoms with Crippen LogP contribution in [0, 0.1) is 11.6 Å². The van der Waals surface area contributed by atoms with Crippen molar-refractivity contribution in [2.24, 2.45) is 12.8 Å². The van der Waals surface area contributed by atoms with Gasteiger partial charge in [0.2, 0.25) is 0 Å². The summed E-state index contributed by atoms with van der Waals surface area (Å²) < 4.78 is 72.7. The van der Waals surface area contributed by atoms with E-state index in [9.17, 15) is 31.5 Å². The molecule has 0 aliphatic rings. The summed E-state index contributed by atoms with van der Waals surface area (Å²) in [6.07, 6.45) is -4.17. The standard InChI is InChI=1S/C21H16ClF5N4O4/c1-30-18(14(22)10-29-30)13-9-12(3-5-17(13)34-7-6-28)31(35-20(33)21(25,26)27)19(32)11-2-4-15(23)16(24)8-11/h2-5,8-10H,6-7,28H2,1H3. The summed E-state index contributed by atoms with van der Waals surface area (Å²) in [5.41, 5.74) is 4.90. The monoisotopic (exact) mass is 518 g/mol. The third kappa shape index (κ3) is 5.69. The third-order valence-corrected chi connectivity index (χ3v) is 4.76. The number of alkyl halides is 3. The Kier molecular flexibility index (Phi) is 7.60. The minimum absolute atomic E-state index is 0.00296. The minimum Gasteiger partial charge on any atom is -0.492 e. The molecule has 8 nitrogen and oxygen atoms in total. The highest BCUT2D eigenvalue weighted by molar-refractivity contribution is 6.33. The van der Waals surface area contributed by atoms with E-state index in [2.05, 4.69) is 9.94 Å². The number of anilines is 1. The van der Waals surface area contributed by atoms with Gasteiger partial charge < -0.3 is 15.3 Å². The van der Waals surface area contributed by atoms with E-state index >= 15 is 0 Å². The molecule has 1 aromatic heterocycles. The van der Waals surface area contributed by atoms with Crippen LogP contribution >= 0.6 is 11.6 Å². The highest BCUT2D eigenvalue weighted by atomic mass is 35.5. The largest absolute Gasteiger partial charge is 0.493 e. The number of carbonyl (C=O) groups is 2. The number of rotatable bonds is 6. The van der Waals surface area contributed by atoms with Crippen molar-refractivity contribution >= 4 is 29.2 Å². The van der Waals surface area contributed by atoms with Crippen LogP contribution in [0.2, 0.25) is 5.02 Å². The second-order valence-corrected chi connectivity index (χ2v) is 7.29. The van der Waals surface area contributed by atoms with Gasteiger partial charge in [-0.25, -0.2) is 13.6 Å². The number of hydrogen-bond donors (Lipinski definition) is 1. The SMILES string of the molecule is Cn1ncc(Cl)c1-c1cc(N(OC(=O)C(F)(F)F)C(=O)c2ccc(F)c(F)c2)ccc1OCCN. The number of hydroxylamine groups is 1. The number of nitrogens with two attached hydrogens (primary N) is 1. The van der Waals surface area contributed by atoms with Crippen molar-refractivity contribution in [1.29, 1.82) is 0 Å². The van der Waals surface area contributed by atoms with E-state index < -0.39 is 35.3 Å². The van der Waals surface area contributed by atoms with Crippen LogP contribution in [0.4, 0.5) is 27.6 Å². The summed E-state index contributed by atoms with van der Waals surface area (Å²) in [6, 6.07) is 5.39. The molecule has 0 saturated carbocycles. The molecule has 0 radical (unpaired) electrons. The number of ether oxygens (including phenoxy) is 1. The van der Waals surface area contributed by atoms with Gasteiger partial charge in [0.1, 0.15) is 12.4 Å².